The molecular formula is C12H21N5O3. The third-order valence-corrected chi connectivity index (χ3v) is 3.65. The Hall–Kier alpha value is -1.96. The van der Waals surface area contributed by atoms with E-state index in [0.717, 1.165) is 0 Å². The first-order valence-electron chi connectivity index (χ1n) is 6.28. The van der Waals surface area contributed by atoms with Gasteiger partial charge in [-0.1, -0.05) is 5.21 Å². The van der Waals surface area contributed by atoms with Gasteiger partial charge in [0.05, 0.1) is 23.7 Å². The Kier molecular flexibility index (Phi) is 4.49. The summed E-state index contributed by atoms with van der Waals surface area (Å²) < 4.78 is 1.46. The second-order valence-corrected chi connectivity index (χ2v) is 5.66. The molecule has 0 aliphatic carbocycles. The van der Waals surface area contributed by atoms with Crippen LogP contribution in [0, 0.1) is 5.41 Å². The maximum absolute atomic E-state index is 12.1. The molecule has 0 bridgehead atoms. The molecular weight excluding hydrogens is 262 g/mol. The molecule has 1 heterocycles. The Morgan fingerprint density at radius 2 is 2.00 bits per heavy atom. The lowest BCUT2D eigenvalue weighted by molar-refractivity contribution is -0.150. The van der Waals surface area contributed by atoms with Gasteiger partial charge in [0.1, 0.15) is 0 Å². The van der Waals surface area contributed by atoms with Crippen LogP contribution in [0.5, 0.6) is 0 Å². The molecule has 1 aromatic rings. The molecule has 0 saturated carbocycles. The molecule has 0 aliphatic rings. The first-order valence-corrected chi connectivity index (χ1v) is 6.28. The molecule has 1 rings (SSSR count). The van der Waals surface area contributed by atoms with Crippen LogP contribution >= 0.6 is 0 Å². The van der Waals surface area contributed by atoms with Crippen LogP contribution in [0.2, 0.25) is 0 Å². The van der Waals surface area contributed by atoms with Crippen molar-refractivity contribution >= 4 is 11.9 Å². The van der Waals surface area contributed by atoms with Gasteiger partial charge in [0.15, 0.2) is 5.69 Å². The summed E-state index contributed by atoms with van der Waals surface area (Å²) in [6.45, 7) is 7.28. The van der Waals surface area contributed by atoms with Crippen LogP contribution in [0.1, 0.15) is 38.2 Å². The number of nitrogens with two attached hydrogens (primary N) is 1. The van der Waals surface area contributed by atoms with Crippen molar-refractivity contribution < 1.29 is 14.7 Å². The van der Waals surface area contributed by atoms with Crippen molar-refractivity contribution in [1.82, 2.24) is 20.3 Å². The summed E-state index contributed by atoms with van der Waals surface area (Å²) in [5.41, 5.74) is 3.44. The van der Waals surface area contributed by atoms with Crippen LogP contribution in [0.25, 0.3) is 0 Å². The Balaban J connectivity index is 2.86. The van der Waals surface area contributed by atoms with Crippen molar-refractivity contribution in [1.29, 1.82) is 0 Å². The van der Waals surface area contributed by atoms with Crippen molar-refractivity contribution in [2.75, 3.05) is 6.54 Å². The normalized spacial score (nSPS) is 12.2. The van der Waals surface area contributed by atoms with E-state index >= 15 is 0 Å². The number of rotatable bonds is 6. The number of hydrogen-bond acceptors (Lipinski definition) is 5. The third kappa shape index (κ3) is 3.13. The van der Waals surface area contributed by atoms with E-state index in [-0.39, 0.29) is 5.69 Å². The van der Waals surface area contributed by atoms with Gasteiger partial charge < -0.3 is 16.2 Å². The minimum atomic E-state index is -1.13. The molecule has 0 atom stereocenters. The van der Waals surface area contributed by atoms with Crippen LogP contribution in [0.3, 0.4) is 0 Å². The van der Waals surface area contributed by atoms with E-state index in [9.17, 15) is 14.7 Å². The SMILES string of the molecule is CC(C)(NC(=O)c1cn(CCN)nn1)C(C)(C)C(=O)O. The fourth-order valence-corrected chi connectivity index (χ4v) is 1.42. The standard InChI is InChI=1S/C12H21N5O3/c1-11(2,10(19)20)12(3,4)14-9(18)8-7-17(6-5-13)16-15-8/h7H,5-6,13H2,1-4H3,(H,14,18)(H,19,20). The highest BCUT2D eigenvalue weighted by atomic mass is 16.4. The Morgan fingerprint density at radius 1 is 1.40 bits per heavy atom. The molecule has 8 nitrogen and oxygen atoms in total. The fraction of sp³-hybridized carbons (Fsp3) is 0.667. The van der Waals surface area contributed by atoms with E-state index < -0.39 is 22.8 Å². The Labute approximate surface area is 117 Å². The average molecular weight is 283 g/mol. The lowest BCUT2D eigenvalue weighted by Crippen LogP contribution is -2.57. The number of amides is 1. The van der Waals surface area contributed by atoms with Gasteiger partial charge in [0.2, 0.25) is 0 Å². The minimum Gasteiger partial charge on any atom is -0.481 e. The second-order valence-electron chi connectivity index (χ2n) is 5.66. The van der Waals surface area contributed by atoms with Gasteiger partial charge in [0, 0.05) is 6.54 Å². The van der Waals surface area contributed by atoms with E-state index in [2.05, 4.69) is 15.6 Å². The zero-order valence-electron chi connectivity index (χ0n) is 12.2. The Morgan fingerprint density at radius 3 is 2.50 bits per heavy atom. The van der Waals surface area contributed by atoms with Crippen LogP contribution < -0.4 is 11.1 Å². The van der Waals surface area contributed by atoms with Gasteiger partial charge in [-0.2, -0.15) is 0 Å². The summed E-state index contributed by atoms with van der Waals surface area (Å²) in [6.07, 6.45) is 1.48. The number of carbonyl (C=O) groups excluding carboxylic acids is 1. The van der Waals surface area contributed by atoms with Gasteiger partial charge in [-0.05, 0) is 27.7 Å². The lowest BCUT2D eigenvalue weighted by Gasteiger charge is -2.38. The predicted octanol–water partition coefficient (Wildman–Crippen LogP) is -0.144. The maximum Gasteiger partial charge on any atom is 0.311 e. The zero-order chi connectivity index (χ0) is 15.6. The summed E-state index contributed by atoms with van der Waals surface area (Å²) in [4.78, 5) is 23.4. The Bertz CT molecular complexity index is 507. The number of carboxylic acids is 1. The molecule has 0 aromatic carbocycles. The monoisotopic (exact) mass is 283 g/mol. The predicted molar refractivity (Wildman–Crippen MR) is 72.0 cm³/mol. The van der Waals surface area contributed by atoms with Crippen LogP contribution in [-0.2, 0) is 11.3 Å². The molecule has 4 N–H and O–H groups in total. The number of carboxylic acid groups (broad SMARTS) is 1. The van der Waals surface area contributed by atoms with Crippen LogP contribution in [0.15, 0.2) is 6.20 Å². The number of hydrogen-bond donors (Lipinski definition) is 3. The highest BCUT2D eigenvalue weighted by Crippen LogP contribution is 2.30. The molecule has 0 spiro atoms. The molecule has 1 amide bonds. The third-order valence-electron chi connectivity index (χ3n) is 3.65. The summed E-state index contributed by atoms with van der Waals surface area (Å²) in [5.74, 6) is -1.46. The smallest absolute Gasteiger partial charge is 0.311 e. The second kappa shape index (κ2) is 5.58. The molecule has 112 valence electrons. The molecule has 0 unspecified atom stereocenters. The average Bonchev–Trinajstić information content (AvgIpc) is 2.77. The van der Waals surface area contributed by atoms with Gasteiger partial charge >= 0.3 is 5.97 Å². The van der Waals surface area contributed by atoms with Gasteiger partial charge in [-0.25, -0.2) is 0 Å². The minimum absolute atomic E-state index is 0.132. The molecule has 1 aromatic heterocycles. The molecule has 8 heteroatoms. The topological polar surface area (TPSA) is 123 Å². The van der Waals surface area contributed by atoms with E-state index in [1.807, 2.05) is 0 Å². The van der Waals surface area contributed by atoms with E-state index in [1.165, 1.54) is 10.9 Å². The van der Waals surface area contributed by atoms with E-state index in [4.69, 9.17) is 5.73 Å². The largest absolute Gasteiger partial charge is 0.481 e. The van der Waals surface area contributed by atoms with E-state index in [0.29, 0.717) is 13.1 Å². The van der Waals surface area contributed by atoms with E-state index in [1.54, 1.807) is 27.7 Å². The van der Waals surface area contributed by atoms with Crippen molar-refractivity contribution in [3.63, 3.8) is 0 Å². The highest BCUT2D eigenvalue weighted by molar-refractivity contribution is 5.93. The summed E-state index contributed by atoms with van der Waals surface area (Å²) in [6, 6.07) is 0. The quantitative estimate of drug-likeness (QED) is 0.667. The number of nitrogens with zero attached hydrogens (tertiary/aromatic N) is 3. The number of aliphatic carboxylic acids is 1. The molecule has 0 aliphatic heterocycles. The summed E-state index contributed by atoms with van der Waals surface area (Å²) in [5, 5.41) is 19.4. The molecule has 20 heavy (non-hydrogen) atoms. The molecule has 0 fully saturated rings. The number of carbonyl (C=O) groups is 2. The molecule has 0 saturated heterocycles. The van der Waals surface area contributed by atoms with Crippen molar-refractivity contribution in [3.8, 4) is 0 Å². The highest BCUT2D eigenvalue weighted by Gasteiger charge is 2.44. The first-order chi connectivity index (χ1) is 9.11. The fourth-order valence-electron chi connectivity index (χ4n) is 1.42. The zero-order valence-corrected chi connectivity index (χ0v) is 12.2. The van der Waals surface area contributed by atoms with Gasteiger partial charge in [0.25, 0.3) is 5.91 Å². The van der Waals surface area contributed by atoms with Crippen molar-refractivity contribution in [2.45, 2.75) is 39.8 Å². The summed E-state index contributed by atoms with van der Waals surface area (Å²) >= 11 is 0. The molecule has 0 radical (unpaired) electrons. The van der Waals surface area contributed by atoms with Gasteiger partial charge in [-0.15, -0.1) is 5.10 Å². The van der Waals surface area contributed by atoms with Crippen molar-refractivity contribution in [2.24, 2.45) is 11.1 Å². The van der Waals surface area contributed by atoms with Crippen LogP contribution in [0.4, 0.5) is 0 Å². The summed E-state index contributed by atoms with van der Waals surface area (Å²) in [7, 11) is 0. The number of nitrogens with one attached hydrogen (secondary N) is 1. The lowest BCUT2D eigenvalue weighted by atomic mass is 9.74. The van der Waals surface area contributed by atoms with Crippen molar-refractivity contribution in [3.05, 3.63) is 11.9 Å². The van der Waals surface area contributed by atoms with Gasteiger partial charge in [-0.3, -0.25) is 14.3 Å². The van der Waals surface area contributed by atoms with Crippen LogP contribution in [-0.4, -0.2) is 44.1 Å². The maximum atomic E-state index is 12.1. The number of aromatic nitrogens is 3. The first kappa shape index (κ1) is 16.1.